The molecule has 2 aromatic carbocycles. The molecule has 1 fully saturated rings. The highest BCUT2D eigenvalue weighted by Crippen LogP contribution is 2.36. The van der Waals surface area contributed by atoms with Crippen molar-refractivity contribution in [3.8, 4) is 6.07 Å². The van der Waals surface area contributed by atoms with Crippen LogP contribution in [0.2, 0.25) is 0 Å². The lowest BCUT2D eigenvalue weighted by atomic mass is 9.83. The second-order valence-electron chi connectivity index (χ2n) is 10.0. The van der Waals surface area contributed by atoms with Crippen LogP contribution in [0.25, 0.3) is 10.9 Å². The maximum Gasteiger partial charge on any atom is 0.274 e. The van der Waals surface area contributed by atoms with Crippen molar-refractivity contribution in [2.75, 3.05) is 18.4 Å². The number of pyridine rings is 1. The van der Waals surface area contributed by atoms with Crippen molar-refractivity contribution < 1.29 is 4.79 Å². The van der Waals surface area contributed by atoms with Crippen LogP contribution in [0, 0.1) is 17.2 Å². The van der Waals surface area contributed by atoms with E-state index in [2.05, 4.69) is 52.3 Å². The van der Waals surface area contributed by atoms with Crippen molar-refractivity contribution in [1.29, 1.82) is 5.26 Å². The molecule has 6 rings (SSSR count). The minimum Gasteiger partial charge on any atom is -0.350 e. The number of carbonyl (C=O) groups excluding carboxylic acids is 1. The summed E-state index contributed by atoms with van der Waals surface area (Å²) in [5, 5.41) is 13.0. The van der Waals surface area contributed by atoms with Crippen molar-refractivity contribution in [3.63, 3.8) is 0 Å². The number of para-hydroxylation sites is 1. The Morgan fingerprint density at radius 3 is 2.67 bits per heavy atom. The molecule has 2 atom stereocenters. The average molecular weight is 478 g/mol. The molecule has 0 radical (unpaired) electrons. The molecule has 0 saturated carbocycles. The van der Waals surface area contributed by atoms with Gasteiger partial charge in [0, 0.05) is 67.5 Å². The van der Waals surface area contributed by atoms with Gasteiger partial charge in [-0.15, -0.1) is 0 Å². The molecule has 1 N–H and O–H groups in total. The summed E-state index contributed by atoms with van der Waals surface area (Å²) in [6.45, 7) is 3.43. The van der Waals surface area contributed by atoms with Crippen LogP contribution in [0.15, 0.2) is 71.7 Å². The Kier molecular flexibility index (Phi) is 5.46. The number of nitrogens with one attached hydrogen (secondary N) is 1. The topological polar surface area (TPSA) is 83.1 Å². The number of benzene rings is 2. The van der Waals surface area contributed by atoms with E-state index in [0.29, 0.717) is 35.2 Å². The second-order valence-corrected chi connectivity index (χ2v) is 10.0. The normalized spacial score (nSPS) is 19.0. The van der Waals surface area contributed by atoms with Crippen molar-refractivity contribution >= 4 is 22.5 Å². The van der Waals surface area contributed by atoms with Crippen molar-refractivity contribution in [1.82, 2.24) is 14.0 Å². The van der Waals surface area contributed by atoms with Gasteiger partial charge < -0.3 is 14.5 Å². The summed E-state index contributed by atoms with van der Waals surface area (Å²) in [6, 6.07) is 20.7. The van der Waals surface area contributed by atoms with E-state index in [-0.39, 0.29) is 11.5 Å². The average Bonchev–Trinajstić information content (AvgIpc) is 3.21. The zero-order chi connectivity index (χ0) is 24.8. The molecule has 4 aromatic rings. The monoisotopic (exact) mass is 477 g/mol. The molecule has 0 aliphatic carbocycles. The van der Waals surface area contributed by atoms with Gasteiger partial charge in [-0.25, -0.2) is 0 Å². The Hall–Kier alpha value is -4.15. The lowest BCUT2D eigenvalue weighted by Gasteiger charge is -2.43. The number of nitrogens with zero attached hydrogens (tertiary/aromatic N) is 4. The number of anilines is 1. The molecule has 2 aliphatic heterocycles. The number of hydrogen-bond donors (Lipinski definition) is 1. The molecular weight excluding hydrogens is 450 g/mol. The van der Waals surface area contributed by atoms with E-state index in [4.69, 9.17) is 5.26 Å². The van der Waals surface area contributed by atoms with E-state index in [1.807, 2.05) is 16.7 Å². The number of likely N-dealkylation sites (tertiary alicyclic amines) is 1. The molecule has 0 unspecified atom stereocenters. The molecule has 180 valence electrons. The lowest BCUT2D eigenvalue weighted by molar-refractivity contribution is 0.102. The number of fused-ring (bicyclic) bond motifs is 5. The first-order valence-electron chi connectivity index (χ1n) is 12.3. The maximum atomic E-state index is 13.3. The molecular formula is C29H27N5O2. The Bertz CT molecular complexity index is 1570. The van der Waals surface area contributed by atoms with Crippen molar-refractivity contribution in [2.45, 2.75) is 25.4 Å². The summed E-state index contributed by atoms with van der Waals surface area (Å²) in [5.74, 6) is 0.339. The van der Waals surface area contributed by atoms with Crippen LogP contribution in [0.3, 0.4) is 0 Å². The predicted molar refractivity (Wildman–Crippen MR) is 139 cm³/mol. The summed E-state index contributed by atoms with van der Waals surface area (Å²) < 4.78 is 4.06. The minimum absolute atomic E-state index is 0.147. The molecule has 2 aromatic heterocycles. The van der Waals surface area contributed by atoms with E-state index < -0.39 is 0 Å². The highest BCUT2D eigenvalue weighted by molar-refractivity contribution is 6.04. The number of hydrogen-bond acceptors (Lipinski definition) is 4. The molecule has 1 saturated heterocycles. The first kappa shape index (κ1) is 22.3. The van der Waals surface area contributed by atoms with Crippen LogP contribution in [0.1, 0.15) is 39.5 Å². The fourth-order valence-electron chi connectivity index (χ4n) is 5.95. The van der Waals surface area contributed by atoms with Crippen LogP contribution in [0.5, 0.6) is 0 Å². The third-order valence-corrected chi connectivity index (χ3v) is 7.58. The van der Waals surface area contributed by atoms with Crippen LogP contribution < -0.4 is 10.9 Å². The fourth-order valence-corrected chi connectivity index (χ4v) is 5.95. The van der Waals surface area contributed by atoms with E-state index in [9.17, 15) is 9.59 Å². The summed E-state index contributed by atoms with van der Waals surface area (Å²) in [7, 11) is 2.09. The summed E-state index contributed by atoms with van der Waals surface area (Å²) in [6.07, 6.45) is 3.32. The number of carbonyl (C=O) groups is 1. The Morgan fingerprint density at radius 2 is 1.86 bits per heavy atom. The van der Waals surface area contributed by atoms with Gasteiger partial charge in [-0.05, 0) is 60.4 Å². The first-order valence-corrected chi connectivity index (χ1v) is 12.3. The highest BCUT2D eigenvalue weighted by Gasteiger charge is 2.35. The van der Waals surface area contributed by atoms with Gasteiger partial charge >= 0.3 is 0 Å². The Labute approximate surface area is 209 Å². The van der Waals surface area contributed by atoms with Gasteiger partial charge in [0.15, 0.2) is 0 Å². The Balaban J connectivity index is 1.21. The fraction of sp³-hybridized carbons (Fsp3) is 0.276. The SMILES string of the molecule is Cn1cc(CN2C[C@H]3C[C@H](C2)c2ccc(NC(=O)c4ccc(C#N)cc4)c(=O)n2C3)c2ccccc21. The van der Waals surface area contributed by atoms with Crippen molar-refractivity contribution in [3.05, 3.63) is 99.6 Å². The van der Waals surface area contributed by atoms with Crippen LogP contribution in [0.4, 0.5) is 5.69 Å². The minimum atomic E-state index is -0.352. The number of aromatic nitrogens is 2. The van der Waals surface area contributed by atoms with E-state index in [1.54, 1.807) is 30.3 Å². The third-order valence-electron chi connectivity index (χ3n) is 7.58. The van der Waals surface area contributed by atoms with E-state index in [1.165, 1.54) is 16.5 Å². The summed E-state index contributed by atoms with van der Waals surface area (Å²) in [4.78, 5) is 28.5. The van der Waals surface area contributed by atoms with Gasteiger partial charge in [0.1, 0.15) is 5.69 Å². The molecule has 36 heavy (non-hydrogen) atoms. The van der Waals surface area contributed by atoms with Gasteiger partial charge in [0.2, 0.25) is 0 Å². The predicted octanol–water partition coefficient (Wildman–Crippen LogP) is 4.08. The second kappa shape index (κ2) is 8.81. The maximum absolute atomic E-state index is 13.3. The van der Waals surface area contributed by atoms with E-state index >= 15 is 0 Å². The van der Waals surface area contributed by atoms with Gasteiger partial charge in [0.05, 0.1) is 11.6 Å². The zero-order valence-electron chi connectivity index (χ0n) is 20.1. The van der Waals surface area contributed by atoms with Gasteiger partial charge in [-0.1, -0.05) is 18.2 Å². The number of nitriles is 1. The lowest BCUT2D eigenvalue weighted by Crippen LogP contribution is -2.47. The van der Waals surface area contributed by atoms with Crippen LogP contribution in [-0.2, 0) is 20.1 Å². The van der Waals surface area contributed by atoms with Crippen molar-refractivity contribution in [2.24, 2.45) is 13.0 Å². The molecule has 7 nitrogen and oxygen atoms in total. The smallest absolute Gasteiger partial charge is 0.274 e. The largest absolute Gasteiger partial charge is 0.350 e. The number of amides is 1. The summed E-state index contributed by atoms with van der Waals surface area (Å²) >= 11 is 0. The number of aryl methyl sites for hydroxylation is 1. The van der Waals surface area contributed by atoms with Crippen LogP contribution >= 0.6 is 0 Å². The number of rotatable bonds is 4. The third kappa shape index (κ3) is 3.90. The van der Waals surface area contributed by atoms with Gasteiger partial charge in [-0.3, -0.25) is 14.5 Å². The molecule has 7 heteroatoms. The molecule has 1 amide bonds. The van der Waals surface area contributed by atoms with Gasteiger partial charge in [-0.2, -0.15) is 5.26 Å². The molecule has 2 aliphatic rings. The molecule has 0 spiro atoms. The van der Waals surface area contributed by atoms with E-state index in [0.717, 1.165) is 31.7 Å². The zero-order valence-corrected chi connectivity index (χ0v) is 20.1. The van der Waals surface area contributed by atoms with Crippen LogP contribution in [-0.4, -0.2) is 33.0 Å². The quantitative estimate of drug-likeness (QED) is 0.480. The highest BCUT2D eigenvalue weighted by atomic mass is 16.2. The summed E-state index contributed by atoms with van der Waals surface area (Å²) in [5.41, 5.74) is 4.68. The first-order chi connectivity index (χ1) is 17.5. The molecule has 4 heterocycles. The van der Waals surface area contributed by atoms with Gasteiger partial charge in [0.25, 0.3) is 11.5 Å². The standard InChI is InChI=1S/C29H27N5O2/c1-32-16-23(24-4-2-3-5-27(24)32)18-33-14-20-12-22(17-33)26-11-10-25(29(36)34(26)15-20)31-28(35)21-8-6-19(13-30)7-9-21/h2-11,16,20,22H,12,14-15,17-18H2,1H3,(H,31,35)/t20-,22-/m1/s1. The molecule has 2 bridgehead atoms. The number of piperidine rings is 1. The Morgan fingerprint density at radius 1 is 1.06 bits per heavy atom.